The molecule has 7 heteroatoms. The van der Waals surface area contributed by atoms with Gasteiger partial charge in [0, 0.05) is 44.9 Å². The third-order valence-corrected chi connectivity index (χ3v) is 4.05. The molecule has 0 spiro atoms. The van der Waals surface area contributed by atoms with Gasteiger partial charge in [-0.2, -0.15) is 5.10 Å². The normalized spacial score (nSPS) is 11.0. The molecule has 2 aromatic heterocycles. The average Bonchev–Trinajstić information content (AvgIpc) is 3.19. The van der Waals surface area contributed by atoms with Crippen LogP contribution in [0.2, 0.25) is 0 Å². The number of rotatable bonds is 7. The van der Waals surface area contributed by atoms with Gasteiger partial charge in [0.1, 0.15) is 5.82 Å². The van der Waals surface area contributed by atoms with Gasteiger partial charge in [0.15, 0.2) is 0 Å². The summed E-state index contributed by atoms with van der Waals surface area (Å²) in [6, 6.07) is 9.93. The Hall–Kier alpha value is -2.80. The molecular formula is C18H23N5O2. The minimum Gasteiger partial charge on any atom is -0.384 e. The second-order valence-electron chi connectivity index (χ2n) is 5.92. The fourth-order valence-electron chi connectivity index (χ4n) is 2.71. The van der Waals surface area contributed by atoms with Crippen molar-refractivity contribution in [1.82, 2.24) is 20.1 Å². The van der Waals surface area contributed by atoms with Crippen molar-refractivity contribution in [2.75, 3.05) is 25.6 Å². The van der Waals surface area contributed by atoms with Crippen LogP contribution in [0.1, 0.15) is 11.3 Å². The predicted molar refractivity (Wildman–Crippen MR) is 97.8 cm³/mol. The molecule has 25 heavy (non-hydrogen) atoms. The molecule has 0 aliphatic carbocycles. The Balaban J connectivity index is 1.48. The average molecular weight is 341 g/mol. The molecule has 2 heterocycles. The SMILES string of the molecule is COCCc1cc(NC(=O)NCCc2ccc3[nH]ccc3c2)n(C)n1. The van der Waals surface area contributed by atoms with Crippen molar-refractivity contribution in [3.05, 3.63) is 47.8 Å². The van der Waals surface area contributed by atoms with Crippen LogP contribution in [0.3, 0.4) is 0 Å². The molecule has 1 aromatic carbocycles. The molecule has 132 valence electrons. The second kappa shape index (κ2) is 7.85. The van der Waals surface area contributed by atoms with Gasteiger partial charge in [-0.05, 0) is 35.6 Å². The summed E-state index contributed by atoms with van der Waals surface area (Å²) >= 11 is 0. The lowest BCUT2D eigenvalue weighted by atomic mass is 10.1. The van der Waals surface area contributed by atoms with Crippen LogP contribution in [0.25, 0.3) is 10.9 Å². The fourth-order valence-corrected chi connectivity index (χ4v) is 2.71. The molecule has 3 rings (SSSR count). The van der Waals surface area contributed by atoms with Crippen molar-refractivity contribution in [1.29, 1.82) is 0 Å². The van der Waals surface area contributed by atoms with E-state index in [9.17, 15) is 4.79 Å². The van der Waals surface area contributed by atoms with Crippen molar-refractivity contribution in [2.45, 2.75) is 12.8 Å². The number of hydrogen-bond donors (Lipinski definition) is 3. The van der Waals surface area contributed by atoms with Gasteiger partial charge in [-0.1, -0.05) is 6.07 Å². The van der Waals surface area contributed by atoms with Crippen LogP contribution in [0.5, 0.6) is 0 Å². The molecule has 0 radical (unpaired) electrons. The second-order valence-corrected chi connectivity index (χ2v) is 5.92. The highest BCUT2D eigenvalue weighted by atomic mass is 16.5. The molecule has 7 nitrogen and oxygen atoms in total. The summed E-state index contributed by atoms with van der Waals surface area (Å²) in [5.74, 6) is 0.664. The first-order valence-electron chi connectivity index (χ1n) is 8.28. The summed E-state index contributed by atoms with van der Waals surface area (Å²) in [7, 11) is 3.46. The maximum absolute atomic E-state index is 12.1. The summed E-state index contributed by atoms with van der Waals surface area (Å²) in [5.41, 5.74) is 3.20. The van der Waals surface area contributed by atoms with Crippen LogP contribution in [0.4, 0.5) is 10.6 Å². The Morgan fingerprint density at radius 3 is 3.00 bits per heavy atom. The van der Waals surface area contributed by atoms with Crippen LogP contribution in [0.15, 0.2) is 36.5 Å². The highest BCUT2D eigenvalue weighted by molar-refractivity contribution is 5.88. The minimum atomic E-state index is -0.232. The molecule has 0 aliphatic heterocycles. The van der Waals surface area contributed by atoms with Crippen LogP contribution in [-0.4, -0.2) is 41.1 Å². The third-order valence-electron chi connectivity index (χ3n) is 4.05. The van der Waals surface area contributed by atoms with Gasteiger partial charge < -0.3 is 15.0 Å². The van der Waals surface area contributed by atoms with Gasteiger partial charge in [0.2, 0.25) is 0 Å². The summed E-state index contributed by atoms with van der Waals surface area (Å²) in [6.45, 7) is 1.17. The number of carbonyl (C=O) groups excluding carboxylic acids is 1. The van der Waals surface area contributed by atoms with E-state index in [1.807, 2.05) is 18.3 Å². The van der Waals surface area contributed by atoms with Crippen LogP contribution in [0, 0.1) is 0 Å². The number of fused-ring (bicyclic) bond motifs is 1. The molecular weight excluding hydrogens is 318 g/mol. The van der Waals surface area contributed by atoms with Gasteiger partial charge in [-0.3, -0.25) is 10.00 Å². The van der Waals surface area contributed by atoms with Crippen LogP contribution >= 0.6 is 0 Å². The Bertz CT molecular complexity index is 852. The zero-order chi connectivity index (χ0) is 17.6. The Morgan fingerprint density at radius 2 is 2.16 bits per heavy atom. The molecule has 3 aromatic rings. The minimum absolute atomic E-state index is 0.232. The maximum Gasteiger partial charge on any atom is 0.320 e. The number of anilines is 1. The molecule has 2 amide bonds. The molecule has 0 fully saturated rings. The number of amides is 2. The predicted octanol–water partition coefficient (Wildman–Crippen LogP) is 2.45. The van der Waals surface area contributed by atoms with Crippen molar-refractivity contribution >= 4 is 22.8 Å². The first kappa shape index (κ1) is 17.0. The Labute approximate surface area is 146 Å². The van der Waals surface area contributed by atoms with E-state index < -0.39 is 0 Å². The van der Waals surface area contributed by atoms with E-state index in [0.29, 0.717) is 19.0 Å². The lowest BCUT2D eigenvalue weighted by molar-refractivity contribution is 0.201. The number of ether oxygens (including phenoxy) is 1. The van der Waals surface area contributed by atoms with E-state index in [0.717, 1.165) is 24.1 Å². The lowest BCUT2D eigenvalue weighted by Crippen LogP contribution is -2.31. The topological polar surface area (TPSA) is 84.0 Å². The number of hydrogen-bond acceptors (Lipinski definition) is 3. The standard InChI is InChI=1S/C18H23N5O2/c1-23-17(12-15(22-23)7-10-25-2)21-18(24)20-8-5-13-3-4-16-14(11-13)6-9-19-16/h3-4,6,9,11-12,19H,5,7-8,10H2,1-2H3,(H2,20,21,24). The molecule has 0 atom stereocenters. The van der Waals surface area contributed by atoms with E-state index >= 15 is 0 Å². The molecule has 0 aliphatic rings. The molecule has 0 saturated heterocycles. The first-order valence-corrected chi connectivity index (χ1v) is 8.28. The summed E-state index contributed by atoms with van der Waals surface area (Å²) < 4.78 is 6.70. The number of urea groups is 1. The van der Waals surface area contributed by atoms with Crippen molar-refractivity contribution < 1.29 is 9.53 Å². The lowest BCUT2D eigenvalue weighted by Gasteiger charge is -2.07. The summed E-state index contributed by atoms with van der Waals surface area (Å²) in [5, 5.41) is 11.2. The quantitative estimate of drug-likeness (QED) is 0.617. The number of aromatic nitrogens is 3. The molecule has 0 bridgehead atoms. The zero-order valence-corrected chi connectivity index (χ0v) is 14.5. The van der Waals surface area contributed by atoms with Crippen molar-refractivity contribution in [2.24, 2.45) is 7.05 Å². The van der Waals surface area contributed by atoms with Crippen LogP contribution < -0.4 is 10.6 Å². The van der Waals surface area contributed by atoms with Crippen molar-refractivity contribution in [3.8, 4) is 0 Å². The van der Waals surface area contributed by atoms with E-state index in [4.69, 9.17) is 4.74 Å². The monoisotopic (exact) mass is 341 g/mol. The van der Waals surface area contributed by atoms with Crippen LogP contribution in [-0.2, 0) is 24.6 Å². The number of nitrogens with zero attached hydrogens (tertiary/aromatic N) is 2. The summed E-state index contributed by atoms with van der Waals surface area (Å²) in [6.07, 6.45) is 3.42. The number of aromatic amines is 1. The number of H-pyrrole nitrogens is 1. The van der Waals surface area contributed by atoms with Crippen molar-refractivity contribution in [3.63, 3.8) is 0 Å². The van der Waals surface area contributed by atoms with Gasteiger partial charge in [0.25, 0.3) is 0 Å². The Kier molecular flexibility index (Phi) is 5.35. The number of aryl methyl sites for hydroxylation is 1. The fraction of sp³-hybridized carbons (Fsp3) is 0.333. The van der Waals surface area contributed by atoms with E-state index in [1.165, 1.54) is 10.9 Å². The summed E-state index contributed by atoms with van der Waals surface area (Å²) in [4.78, 5) is 15.2. The number of methoxy groups -OCH3 is 1. The number of nitrogens with one attached hydrogen (secondary N) is 3. The zero-order valence-electron chi connectivity index (χ0n) is 14.5. The van der Waals surface area contributed by atoms with Gasteiger partial charge in [0.05, 0.1) is 12.3 Å². The third kappa shape index (κ3) is 4.39. The smallest absolute Gasteiger partial charge is 0.320 e. The van der Waals surface area contributed by atoms with E-state index in [-0.39, 0.29) is 6.03 Å². The number of carbonyl (C=O) groups is 1. The number of benzene rings is 1. The highest BCUT2D eigenvalue weighted by Gasteiger charge is 2.08. The molecule has 0 unspecified atom stereocenters. The Morgan fingerprint density at radius 1 is 1.28 bits per heavy atom. The van der Waals surface area contributed by atoms with Gasteiger partial charge in [-0.25, -0.2) is 4.79 Å². The highest BCUT2D eigenvalue weighted by Crippen LogP contribution is 2.14. The van der Waals surface area contributed by atoms with E-state index in [1.54, 1.807) is 18.8 Å². The van der Waals surface area contributed by atoms with E-state index in [2.05, 4.69) is 38.9 Å². The molecule has 0 saturated carbocycles. The van der Waals surface area contributed by atoms with Gasteiger partial charge >= 0.3 is 6.03 Å². The van der Waals surface area contributed by atoms with Gasteiger partial charge in [-0.15, -0.1) is 0 Å². The maximum atomic E-state index is 12.1. The first-order chi connectivity index (χ1) is 12.2. The molecule has 3 N–H and O–H groups in total. The largest absolute Gasteiger partial charge is 0.384 e.